The summed E-state index contributed by atoms with van der Waals surface area (Å²) >= 11 is 0. The summed E-state index contributed by atoms with van der Waals surface area (Å²) in [6, 6.07) is 8.71. The van der Waals surface area contributed by atoms with Gasteiger partial charge in [0.15, 0.2) is 6.23 Å². The van der Waals surface area contributed by atoms with E-state index in [0.29, 0.717) is 11.3 Å². The van der Waals surface area contributed by atoms with Crippen LogP contribution in [0.4, 0.5) is 4.39 Å². The van der Waals surface area contributed by atoms with Crippen LogP contribution in [0.5, 0.6) is 0 Å². The van der Waals surface area contributed by atoms with E-state index in [9.17, 15) is 4.39 Å². The van der Waals surface area contributed by atoms with Crippen LogP contribution in [-0.2, 0) is 4.74 Å². The molecule has 1 fully saturated rings. The van der Waals surface area contributed by atoms with Crippen molar-refractivity contribution in [3.63, 3.8) is 0 Å². The van der Waals surface area contributed by atoms with Crippen molar-refractivity contribution < 1.29 is 9.13 Å². The summed E-state index contributed by atoms with van der Waals surface area (Å²) in [4.78, 5) is 4.38. The van der Waals surface area contributed by atoms with E-state index >= 15 is 0 Å². The van der Waals surface area contributed by atoms with Crippen LogP contribution in [0.25, 0.3) is 22.2 Å². The number of pyridine rings is 1. The third-order valence-corrected chi connectivity index (χ3v) is 4.29. The number of hydrogen-bond donors (Lipinski definition) is 0. The third kappa shape index (κ3) is 2.51. The molecule has 2 aromatic heterocycles. The second kappa shape index (κ2) is 5.74. The van der Waals surface area contributed by atoms with Gasteiger partial charge in [-0.25, -0.2) is 9.07 Å². The van der Waals surface area contributed by atoms with Crippen molar-refractivity contribution in [2.24, 2.45) is 0 Å². The van der Waals surface area contributed by atoms with Crippen molar-refractivity contribution in [3.8, 4) is 11.3 Å². The lowest BCUT2D eigenvalue weighted by atomic mass is 10.1. The summed E-state index contributed by atoms with van der Waals surface area (Å²) < 4.78 is 22.0. The molecule has 3 aromatic rings. The molecule has 3 heterocycles. The van der Waals surface area contributed by atoms with Gasteiger partial charge in [-0.1, -0.05) is 12.1 Å². The number of ether oxygens (including phenoxy) is 1. The number of halogens is 1. The molecule has 4 rings (SSSR count). The van der Waals surface area contributed by atoms with Gasteiger partial charge < -0.3 is 4.74 Å². The maximum Gasteiger partial charge on any atom is 0.150 e. The Morgan fingerprint density at radius 3 is 2.91 bits per heavy atom. The monoisotopic (exact) mass is 311 g/mol. The topological polar surface area (TPSA) is 39.9 Å². The lowest BCUT2D eigenvalue weighted by Gasteiger charge is -2.23. The highest BCUT2D eigenvalue weighted by atomic mass is 19.1. The smallest absolute Gasteiger partial charge is 0.150 e. The van der Waals surface area contributed by atoms with Gasteiger partial charge in [-0.3, -0.25) is 4.98 Å². The first-order valence-electron chi connectivity index (χ1n) is 7.95. The van der Waals surface area contributed by atoms with Crippen molar-refractivity contribution in [3.05, 3.63) is 48.0 Å². The molecule has 1 aliphatic rings. The molecule has 1 aliphatic heterocycles. The molecule has 1 aromatic carbocycles. The molecule has 0 amide bonds. The lowest BCUT2D eigenvalue weighted by molar-refractivity contribution is -0.0365. The molecule has 0 radical (unpaired) electrons. The fourth-order valence-electron chi connectivity index (χ4n) is 3.13. The fraction of sp³-hybridized carbons (Fsp3) is 0.333. The minimum absolute atomic E-state index is 0.101. The molecule has 1 saturated heterocycles. The molecule has 23 heavy (non-hydrogen) atoms. The standard InChI is InChI=1S/C18H18FN3O/c1-12-10-14-16(11-20-12)22(17-8-4-5-9-23-17)21-18(14)13-6-2-3-7-15(13)19/h2-3,6-7,10-11,17H,4-5,8-9H2,1H3. The number of fused-ring (bicyclic) bond motifs is 1. The molecule has 1 atom stereocenters. The Morgan fingerprint density at radius 1 is 1.26 bits per heavy atom. The summed E-state index contributed by atoms with van der Waals surface area (Å²) in [6.45, 7) is 2.67. The molecule has 0 spiro atoms. The van der Waals surface area contributed by atoms with Gasteiger partial charge >= 0.3 is 0 Å². The predicted molar refractivity (Wildman–Crippen MR) is 86.5 cm³/mol. The molecular weight excluding hydrogens is 293 g/mol. The van der Waals surface area contributed by atoms with Gasteiger partial charge in [0, 0.05) is 23.3 Å². The van der Waals surface area contributed by atoms with E-state index in [1.807, 2.05) is 23.7 Å². The van der Waals surface area contributed by atoms with Gasteiger partial charge in [0.25, 0.3) is 0 Å². The fourth-order valence-corrected chi connectivity index (χ4v) is 3.13. The molecule has 0 saturated carbocycles. The van der Waals surface area contributed by atoms with Crippen molar-refractivity contribution in [1.82, 2.24) is 14.8 Å². The molecule has 5 heteroatoms. The van der Waals surface area contributed by atoms with Gasteiger partial charge in [0.05, 0.1) is 11.7 Å². The Labute approximate surface area is 133 Å². The number of aromatic nitrogens is 3. The number of rotatable bonds is 2. The van der Waals surface area contributed by atoms with E-state index < -0.39 is 0 Å². The van der Waals surface area contributed by atoms with Crippen molar-refractivity contribution in [1.29, 1.82) is 0 Å². The predicted octanol–water partition coefficient (Wildman–Crippen LogP) is 4.24. The second-order valence-electron chi connectivity index (χ2n) is 5.94. The first-order valence-corrected chi connectivity index (χ1v) is 7.95. The first kappa shape index (κ1) is 14.3. The van der Waals surface area contributed by atoms with Crippen LogP contribution >= 0.6 is 0 Å². The van der Waals surface area contributed by atoms with Gasteiger partial charge in [0.1, 0.15) is 11.5 Å². The highest BCUT2D eigenvalue weighted by Crippen LogP contribution is 2.33. The van der Waals surface area contributed by atoms with Crippen LogP contribution in [0.15, 0.2) is 36.5 Å². The minimum atomic E-state index is -0.266. The summed E-state index contributed by atoms with van der Waals surface area (Å²) in [5, 5.41) is 5.61. The number of nitrogens with zero attached hydrogens (tertiary/aromatic N) is 3. The Kier molecular flexibility index (Phi) is 3.58. The molecule has 4 nitrogen and oxygen atoms in total. The maximum absolute atomic E-state index is 14.3. The molecule has 1 unspecified atom stereocenters. The van der Waals surface area contributed by atoms with Crippen LogP contribution in [0.3, 0.4) is 0 Å². The zero-order chi connectivity index (χ0) is 15.8. The van der Waals surface area contributed by atoms with Crippen LogP contribution in [0, 0.1) is 12.7 Å². The van der Waals surface area contributed by atoms with Gasteiger partial charge in [-0.15, -0.1) is 0 Å². The van der Waals surface area contributed by atoms with Gasteiger partial charge in [-0.05, 0) is 44.4 Å². The number of aryl methyl sites for hydroxylation is 1. The highest BCUT2D eigenvalue weighted by molar-refractivity contribution is 5.93. The average Bonchev–Trinajstić information content (AvgIpc) is 2.94. The number of hydrogen-bond acceptors (Lipinski definition) is 3. The van der Waals surface area contributed by atoms with Crippen molar-refractivity contribution in [2.75, 3.05) is 6.61 Å². The lowest BCUT2D eigenvalue weighted by Crippen LogP contribution is -2.19. The largest absolute Gasteiger partial charge is 0.356 e. The SMILES string of the molecule is Cc1cc2c(-c3ccccc3F)nn(C3CCCCO3)c2cn1. The summed E-state index contributed by atoms with van der Waals surface area (Å²) in [7, 11) is 0. The Morgan fingerprint density at radius 2 is 2.13 bits per heavy atom. The summed E-state index contributed by atoms with van der Waals surface area (Å²) in [5.41, 5.74) is 2.94. The highest BCUT2D eigenvalue weighted by Gasteiger charge is 2.22. The molecule has 118 valence electrons. The minimum Gasteiger partial charge on any atom is -0.356 e. The molecular formula is C18H18FN3O. The number of benzene rings is 1. The van der Waals surface area contributed by atoms with Crippen molar-refractivity contribution in [2.45, 2.75) is 32.4 Å². The van der Waals surface area contributed by atoms with Crippen LogP contribution in [0.1, 0.15) is 31.2 Å². The third-order valence-electron chi connectivity index (χ3n) is 4.29. The second-order valence-corrected chi connectivity index (χ2v) is 5.94. The molecule has 0 bridgehead atoms. The van der Waals surface area contributed by atoms with E-state index in [1.54, 1.807) is 18.3 Å². The zero-order valence-electron chi connectivity index (χ0n) is 13.0. The normalized spacial score (nSPS) is 18.4. The van der Waals surface area contributed by atoms with E-state index in [1.165, 1.54) is 6.07 Å². The van der Waals surface area contributed by atoms with E-state index in [2.05, 4.69) is 4.98 Å². The van der Waals surface area contributed by atoms with Crippen LogP contribution in [-0.4, -0.2) is 21.4 Å². The van der Waals surface area contributed by atoms with E-state index in [0.717, 1.165) is 42.5 Å². The van der Waals surface area contributed by atoms with Gasteiger partial charge in [0.2, 0.25) is 0 Å². The summed E-state index contributed by atoms with van der Waals surface area (Å²) in [6.07, 6.45) is 4.81. The Hall–Kier alpha value is -2.27. The maximum atomic E-state index is 14.3. The zero-order valence-corrected chi connectivity index (χ0v) is 13.0. The van der Waals surface area contributed by atoms with Gasteiger partial charge in [-0.2, -0.15) is 5.10 Å². The molecule has 0 aliphatic carbocycles. The summed E-state index contributed by atoms with van der Waals surface area (Å²) in [5.74, 6) is -0.266. The van der Waals surface area contributed by atoms with Crippen molar-refractivity contribution >= 4 is 10.9 Å². The molecule has 0 N–H and O–H groups in total. The first-order chi connectivity index (χ1) is 11.2. The Balaban J connectivity index is 1.93. The van der Waals surface area contributed by atoms with E-state index in [4.69, 9.17) is 9.84 Å². The Bertz CT molecular complexity index is 853. The average molecular weight is 311 g/mol. The van der Waals surface area contributed by atoms with Crippen LogP contribution in [0.2, 0.25) is 0 Å². The van der Waals surface area contributed by atoms with Crippen LogP contribution < -0.4 is 0 Å². The van der Waals surface area contributed by atoms with E-state index in [-0.39, 0.29) is 12.0 Å². The quantitative estimate of drug-likeness (QED) is 0.710.